The van der Waals surface area contributed by atoms with E-state index in [4.69, 9.17) is 4.84 Å². The molecule has 11 heteroatoms. The second kappa shape index (κ2) is 8.78. The van der Waals surface area contributed by atoms with Crippen molar-refractivity contribution in [2.75, 3.05) is 19.1 Å². The van der Waals surface area contributed by atoms with Crippen LogP contribution in [0.1, 0.15) is 33.1 Å². The first-order valence-corrected chi connectivity index (χ1v) is 14.1. The Balaban J connectivity index is 1.38. The lowest BCUT2D eigenvalue weighted by Gasteiger charge is -2.63. The number of fused-ring (bicyclic) bond motifs is 7. The van der Waals surface area contributed by atoms with E-state index >= 15 is 8.78 Å². The Kier molecular flexibility index (Phi) is 6.07. The summed E-state index contributed by atoms with van der Waals surface area (Å²) in [7, 11) is 0. The van der Waals surface area contributed by atoms with Gasteiger partial charge >= 0.3 is 0 Å². The highest BCUT2D eigenvalue weighted by atomic mass is 32.2. The number of aliphatic hydroxyl groups excluding tert-OH is 1. The molecule has 2 heterocycles. The molecule has 1 saturated heterocycles. The van der Waals surface area contributed by atoms with Crippen LogP contribution in [0.15, 0.2) is 42.5 Å². The van der Waals surface area contributed by atoms with E-state index in [2.05, 4.69) is 4.98 Å². The van der Waals surface area contributed by atoms with Crippen LogP contribution in [-0.4, -0.2) is 73.3 Å². The summed E-state index contributed by atoms with van der Waals surface area (Å²) in [4.78, 5) is 36.2. The quantitative estimate of drug-likeness (QED) is 0.599. The summed E-state index contributed by atoms with van der Waals surface area (Å²) in [5.74, 6) is -2.17. The van der Waals surface area contributed by atoms with Crippen molar-refractivity contribution in [1.82, 2.24) is 14.6 Å². The van der Waals surface area contributed by atoms with E-state index in [0.717, 1.165) is 6.08 Å². The van der Waals surface area contributed by atoms with Crippen LogP contribution < -0.4 is 0 Å². The summed E-state index contributed by atoms with van der Waals surface area (Å²) in [5.41, 5.74) is -6.19. The average Bonchev–Trinajstić information content (AvgIpc) is 3.57. The number of nitrogens with zero attached hydrogens (tertiary/aromatic N) is 3. The number of aliphatic hydroxyl groups is 1. The molecule has 1 aliphatic heterocycles. The van der Waals surface area contributed by atoms with Gasteiger partial charge in [0.05, 0.1) is 12.4 Å². The van der Waals surface area contributed by atoms with E-state index in [1.165, 1.54) is 12.2 Å². The van der Waals surface area contributed by atoms with Gasteiger partial charge in [-0.3, -0.25) is 14.4 Å². The van der Waals surface area contributed by atoms with Crippen LogP contribution in [0.5, 0.6) is 0 Å². The Morgan fingerprint density at radius 2 is 2.08 bits per heavy atom. The molecule has 1 aromatic heterocycles. The molecule has 4 aliphatic carbocycles. The smallest absolute Gasteiger partial charge is 0.226 e. The standard InChI is InChI=1S/C27H32F3N3O4S/c1-24-4-3-17(34)10-20(24)21(29)11-19-18-9-16-13-33(8-7-32-6-5-31-15-32)37-27(16,23(36)38-14-28)25(18,2)12-22(35)26(19,24)30/h3-6,10,15-16,18-19,21-22,35H,7-9,11-14H2,1-2H3/t16-,18-,19-,21-,22-,24-,25-,26-,27-/m0/s1. The molecule has 3 saturated carbocycles. The third-order valence-electron chi connectivity index (χ3n) is 10.3. The summed E-state index contributed by atoms with van der Waals surface area (Å²) < 4.78 is 48.5. The molecule has 7 nitrogen and oxygen atoms in total. The first-order valence-electron chi connectivity index (χ1n) is 13.1. The van der Waals surface area contributed by atoms with Gasteiger partial charge in [0.15, 0.2) is 17.1 Å². The molecule has 0 aromatic carbocycles. The number of rotatable bonds is 5. The number of carbonyl (C=O) groups excluding carboxylic acids is 2. The second-order valence-corrected chi connectivity index (χ2v) is 12.7. The Hall–Kier alpha value is -1.95. The molecule has 206 valence electrons. The molecule has 1 aromatic rings. The zero-order valence-electron chi connectivity index (χ0n) is 21.4. The maximum Gasteiger partial charge on any atom is 0.226 e. The first-order chi connectivity index (χ1) is 18.0. The number of ketones is 1. The number of hydroxylamine groups is 2. The van der Waals surface area contributed by atoms with Crippen LogP contribution in [0.25, 0.3) is 0 Å². The molecule has 0 spiro atoms. The normalized spacial score (nSPS) is 45.8. The molecule has 38 heavy (non-hydrogen) atoms. The van der Waals surface area contributed by atoms with Gasteiger partial charge in [-0.15, -0.1) is 0 Å². The Labute approximate surface area is 223 Å². The number of aromatic nitrogens is 2. The fourth-order valence-electron chi connectivity index (χ4n) is 8.60. The molecular weight excluding hydrogens is 519 g/mol. The van der Waals surface area contributed by atoms with Crippen molar-refractivity contribution in [3.63, 3.8) is 0 Å². The van der Waals surface area contributed by atoms with Gasteiger partial charge in [0.25, 0.3) is 0 Å². The predicted molar refractivity (Wildman–Crippen MR) is 134 cm³/mol. The van der Waals surface area contributed by atoms with Crippen LogP contribution in [0.2, 0.25) is 0 Å². The van der Waals surface area contributed by atoms with Crippen molar-refractivity contribution in [3.8, 4) is 0 Å². The van der Waals surface area contributed by atoms with Gasteiger partial charge in [-0.05, 0) is 49.8 Å². The maximum atomic E-state index is 17.4. The van der Waals surface area contributed by atoms with Gasteiger partial charge in [0.2, 0.25) is 5.12 Å². The fraction of sp³-hybridized carbons (Fsp3) is 0.667. The average molecular weight is 552 g/mol. The lowest BCUT2D eigenvalue weighted by atomic mass is 9.44. The van der Waals surface area contributed by atoms with Crippen LogP contribution in [0, 0.1) is 28.6 Å². The maximum absolute atomic E-state index is 17.4. The molecule has 0 radical (unpaired) electrons. The molecule has 0 unspecified atom stereocenters. The van der Waals surface area contributed by atoms with Gasteiger partial charge in [0, 0.05) is 54.7 Å². The molecule has 9 atom stereocenters. The Bertz CT molecular complexity index is 1210. The molecular formula is C27H32F3N3O4S. The topological polar surface area (TPSA) is 84.7 Å². The highest BCUT2D eigenvalue weighted by molar-refractivity contribution is 8.13. The summed E-state index contributed by atoms with van der Waals surface area (Å²) >= 11 is 0.536. The van der Waals surface area contributed by atoms with Crippen molar-refractivity contribution < 1.29 is 32.7 Å². The SMILES string of the molecule is C[C@]12C=CC(=O)C=C1[C@@H](F)C[C@H]1[C@@H]3C[C@H]4CN(CCn5ccnc5)O[C@@]4(C(=O)SCF)[C@@]3(C)C[C@H](O)[C@@]12F. The number of imidazole rings is 1. The minimum absolute atomic E-state index is 0.0605. The number of hydrogen-bond donors (Lipinski definition) is 1. The third-order valence-corrected chi connectivity index (χ3v) is 11.0. The Morgan fingerprint density at radius 1 is 1.29 bits per heavy atom. The van der Waals surface area contributed by atoms with Crippen molar-refractivity contribution in [1.29, 1.82) is 0 Å². The van der Waals surface area contributed by atoms with E-state index in [1.54, 1.807) is 24.5 Å². The zero-order chi connectivity index (χ0) is 27.1. The molecule has 0 amide bonds. The first kappa shape index (κ1) is 26.3. The highest BCUT2D eigenvalue weighted by Gasteiger charge is 2.79. The summed E-state index contributed by atoms with van der Waals surface area (Å²) in [6.45, 7) is 4.78. The van der Waals surface area contributed by atoms with E-state index in [1.807, 2.05) is 17.7 Å². The van der Waals surface area contributed by atoms with Crippen molar-refractivity contribution >= 4 is 22.7 Å². The Morgan fingerprint density at radius 3 is 2.79 bits per heavy atom. The number of carbonyl (C=O) groups is 2. The fourth-order valence-corrected chi connectivity index (χ4v) is 9.35. The largest absolute Gasteiger partial charge is 0.390 e. The molecule has 6 rings (SSSR count). The van der Waals surface area contributed by atoms with Gasteiger partial charge < -0.3 is 9.67 Å². The number of alkyl halides is 3. The van der Waals surface area contributed by atoms with Gasteiger partial charge in [-0.2, -0.15) is 5.06 Å². The molecule has 4 fully saturated rings. The molecule has 1 N–H and O–H groups in total. The van der Waals surface area contributed by atoms with E-state index < -0.39 is 63.1 Å². The van der Waals surface area contributed by atoms with Crippen LogP contribution in [-0.2, 0) is 21.0 Å². The minimum Gasteiger partial charge on any atom is -0.390 e. The van der Waals surface area contributed by atoms with Crippen LogP contribution >= 0.6 is 11.8 Å². The number of halogens is 3. The van der Waals surface area contributed by atoms with Crippen LogP contribution in [0.3, 0.4) is 0 Å². The zero-order valence-corrected chi connectivity index (χ0v) is 22.2. The van der Waals surface area contributed by atoms with E-state index in [-0.39, 0.29) is 24.3 Å². The lowest BCUT2D eigenvalue weighted by molar-refractivity contribution is -0.264. The molecule has 5 aliphatic rings. The van der Waals surface area contributed by atoms with Crippen molar-refractivity contribution in [2.24, 2.45) is 28.6 Å². The lowest BCUT2D eigenvalue weighted by Crippen LogP contribution is -2.70. The summed E-state index contributed by atoms with van der Waals surface area (Å²) in [5, 5.41) is 12.8. The van der Waals surface area contributed by atoms with Crippen molar-refractivity contribution in [2.45, 2.75) is 63.2 Å². The van der Waals surface area contributed by atoms with Gasteiger partial charge in [0.1, 0.15) is 12.2 Å². The van der Waals surface area contributed by atoms with E-state index in [9.17, 15) is 19.1 Å². The number of hydrogen-bond acceptors (Lipinski definition) is 7. The molecule has 0 bridgehead atoms. The van der Waals surface area contributed by atoms with Crippen LogP contribution in [0.4, 0.5) is 13.2 Å². The number of thioether (sulfide) groups is 1. The van der Waals surface area contributed by atoms with Gasteiger partial charge in [-0.1, -0.05) is 24.8 Å². The second-order valence-electron chi connectivity index (χ2n) is 11.8. The highest BCUT2D eigenvalue weighted by Crippen LogP contribution is 2.73. The third kappa shape index (κ3) is 3.25. The van der Waals surface area contributed by atoms with Gasteiger partial charge in [-0.25, -0.2) is 18.2 Å². The van der Waals surface area contributed by atoms with E-state index in [0.29, 0.717) is 37.8 Å². The summed E-state index contributed by atoms with van der Waals surface area (Å²) in [6, 6.07) is -0.927. The number of allylic oxidation sites excluding steroid dienone is 4. The minimum atomic E-state index is -2.24. The van der Waals surface area contributed by atoms with Crippen molar-refractivity contribution in [3.05, 3.63) is 42.5 Å². The monoisotopic (exact) mass is 551 g/mol. The predicted octanol–water partition coefficient (Wildman–Crippen LogP) is 3.60. The summed E-state index contributed by atoms with van der Waals surface area (Å²) in [6.07, 6.45) is 5.96.